The van der Waals surface area contributed by atoms with E-state index in [0.717, 1.165) is 35.0 Å². The maximum atomic E-state index is 12.9. The zero-order valence-electron chi connectivity index (χ0n) is 15.8. The summed E-state index contributed by atoms with van der Waals surface area (Å²) in [5.74, 6) is 0.982. The van der Waals surface area contributed by atoms with Crippen molar-refractivity contribution in [3.8, 4) is 11.3 Å². The minimum atomic E-state index is -0.380. The normalized spacial score (nSPS) is 16.5. The highest BCUT2D eigenvalue weighted by molar-refractivity contribution is 7.19. The maximum absolute atomic E-state index is 12.9. The number of rotatable bonds is 5. The first kappa shape index (κ1) is 18.2. The van der Waals surface area contributed by atoms with Crippen LogP contribution in [0.25, 0.3) is 21.5 Å². The van der Waals surface area contributed by atoms with Crippen LogP contribution in [0.3, 0.4) is 0 Å². The molecule has 27 heavy (non-hydrogen) atoms. The lowest BCUT2D eigenvalue weighted by Gasteiger charge is -2.19. The van der Waals surface area contributed by atoms with Crippen LogP contribution in [0.15, 0.2) is 22.8 Å². The molecule has 0 unspecified atom stereocenters. The number of carbonyl (C=O) groups excluding carboxylic acids is 1. The Morgan fingerprint density at radius 1 is 1.41 bits per heavy atom. The van der Waals surface area contributed by atoms with Crippen LogP contribution < -0.4 is 0 Å². The molecule has 1 aliphatic rings. The molecule has 6 heteroatoms. The van der Waals surface area contributed by atoms with Gasteiger partial charge in [0.15, 0.2) is 0 Å². The number of esters is 1. The van der Waals surface area contributed by atoms with Gasteiger partial charge in [0.2, 0.25) is 0 Å². The number of thiophene rings is 1. The number of aryl methyl sites for hydroxylation is 2. The van der Waals surface area contributed by atoms with Crippen molar-refractivity contribution >= 4 is 27.5 Å². The minimum absolute atomic E-state index is 0.212. The average Bonchev–Trinajstić information content (AvgIpc) is 3.27. The van der Waals surface area contributed by atoms with Crippen molar-refractivity contribution in [2.24, 2.45) is 5.92 Å². The topological polar surface area (TPSA) is 61.6 Å². The largest absolute Gasteiger partial charge is 0.464 e. The van der Waals surface area contributed by atoms with Gasteiger partial charge in [0.25, 0.3) is 0 Å². The van der Waals surface area contributed by atoms with Crippen LogP contribution in [0, 0.1) is 12.8 Å². The van der Waals surface area contributed by atoms with Crippen molar-refractivity contribution in [1.82, 2.24) is 4.98 Å². The van der Waals surface area contributed by atoms with E-state index in [-0.39, 0.29) is 12.6 Å². The summed E-state index contributed by atoms with van der Waals surface area (Å²) in [7, 11) is 1.58. The summed E-state index contributed by atoms with van der Waals surface area (Å²) in [5.41, 5.74) is 3.30. The number of hydrogen-bond donors (Lipinski definition) is 0. The molecule has 3 aromatic rings. The second-order valence-electron chi connectivity index (χ2n) is 7.09. The number of furan rings is 1. The van der Waals surface area contributed by atoms with Crippen molar-refractivity contribution in [2.75, 3.05) is 20.3 Å². The van der Waals surface area contributed by atoms with Crippen LogP contribution in [0.5, 0.6) is 0 Å². The highest BCUT2D eigenvalue weighted by Crippen LogP contribution is 2.44. The molecule has 0 fully saturated rings. The third-order valence-electron chi connectivity index (χ3n) is 5.12. The molecule has 3 aromatic heterocycles. The Balaban J connectivity index is 1.93. The molecule has 0 bridgehead atoms. The van der Waals surface area contributed by atoms with Gasteiger partial charge in [-0.25, -0.2) is 9.78 Å². The number of ether oxygens (including phenoxy) is 2. The second kappa shape index (κ2) is 7.44. The van der Waals surface area contributed by atoms with Gasteiger partial charge in [-0.2, -0.15) is 0 Å². The summed E-state index contributed by atoms with van der Waals surface area (Å²) in [4.78, 5) is 20.0. The van der Waals surface area contributed by atoms with Crippen LogP contribution >= 0.6 is 11.3 Å². The van der Waals surface area contributed by atoms with Crippen molar-refractivity contribution in [2.45, 2.75) is 33.1 Å². The average molecular weight is 385 g/mol. The number of pyridine rings is 1. The van der Waals surface area contributed by atoms with Gasteiger partial charge in [-0.1, -0.05) is 6.92 Å². The van der Waals surface area contributed by atoms with E-state index >= 15 is 0 Å². The van der Waals surface area contributed by atoms with E-state index in [1.54, 1.807) is 24.7 Å². The van der Waals surface area contributed by atoms with E-state index in [0.29, 0.717) is 29.5 Å². The zero-order chi connectivity index (χ0) is 19.0. The smallest absolute Gasteiger partial charge is 0.340 e. The lowest BCUT2D eigenvalue weighted by Crippen LogP contribution is -2.14. The van der Waals surface area contributed by atoms with E-state index in [1.807, 2.05) is 19.1 Å². The number of carbonyl (C=O) groups is 1. The molecule has 0 saturated heterocycles. The Kier molecular flexibility index (Phi) is 5.02. The van der Waals surface area contributed by atoms with E-state index in [1.165, 1.54) is 10.4 Å². The maximum Gasteiger partial charge on any atom is 0.340 e. The fourth-order valence-electron chi connectivity index (χ4n) is 3.79. The van der Waals surface area contributed by atoms with Gasteiger partial charge in [0, 0.05) is 22.9 Å². The predicted molar refractivity (Wildman–Crippen MR) is 105 cm³/mol. The van der Waals surface area contributed by atoms with Gasteiger partial charge < -0.3 is 13.9 Å². The molecular weight excluding hydrogens is 362 g/mol. The fraction of sp³-hybridized carbons (Fsp3) is 0.429. The third-order valence-corrected chi connectivity index (χ3v) is 6.26. The monoisotopic (exact) mass is 385 g/mol. The predicted octanol–water partition coefficient (Wildman–Crippen LogP) is 4.79. The first-order valence-corrected chi connectivity index (χ1v) is 10.1. The SMILES string of the molecule is COCCOC(=O)c1c(C)nc2sc3c(c2c1-c1ccco1)CC[C@H](C)C3. The summed E-state index contributed by atoms with van der Waals surface area (Å²) in [6, 6.07) is 3.74. The first-order chi connectivity index (χ1) is 13.1. The van der Waals surface area contributed by atoms with Gasteiger partial charge in [0.05, 0.1) is 24.1 Å². The van der Waals surface area contributed by atoms with Gasteiger partial charge in [-0.15, -0.1) is 11.3 Å². The van der Waals surface area contributed by atoms with Gasteiger partial charge in [-0.3, -0.25) is 0 Å². The Morgan fingerprint density at radius 2 is 2.26 bits per heavy atom. The number of fused-ring (bicyclic) bond motifs is 3. The molecule has 5 nitrogen and oxygen atoms in total. The van der Waals surface area contributed by atoms with Gasteiger partial charge in [0.1, 0.15) is 17.2 Å². The van der Waals surface area contributed by atoms with Crippen molar-refractivity contribution in [1.29, 1.82) is 0 Å². The molecule has 0 aromatic carbocycles. The zero-order valence-corrected chi connectivity index (χ0v) is 16.6. The first-order valence-electron chi connectivity index (χ1n) is 9.25. The molecule has 0 N–H and O–H groups in total. The molecule has 0 amide bonds. The quantitative estimate of drug-likeness (QED) is 0.467. The Hall–Kier alpha value is -2.18. The highest BCUT2D eigenvalue weighted by Gasteiger charge is 2.29. The summed E-state index contributed by atoms with van der Waals surface area (Å²) < 4.78 is 16.2. The molecular formula is C21H23NO4S. The summed E-state index contributed by atoms with van der Waals surface area (Å²) in [6.45, 7) is 4.73. The summed E-state index contributed by atoms with van der Waals surface area (Å²) in [6.07, 6.45) is 4.86. The van der Waals surface area contributed by atoms with Crippen molar-refractivity contribution in [3.63, 3.8) is 0 Å². The molecule has 0 spiro atoms. The van der Waals surface area contributed by atoms with Gasteiger partial charge in [-0.05, 0) is 49.8 Å². The van der Waals surface area contributed by atoms with Crippen molar-refractivity contribution in [3.05, 3.63) is 40.1 Å². The van der Waals surface area contributed by atoms with E-state index in [2.05, 4.69) is 6.92 Å². The Morgan fingerprint density at radius 3 is 3.00 bits per heavy atom. The summed E-state index contributed by atoms with van der Waals surface area (Å²) >= 11 is 1.75. The number of nitrogens with zero attached hydrogens (tertiary/aromatic N) is 1. The molecule has 0 radical (unpaired) electrons. The number of hydrogen-bond acceptors (Lipinski definition) is 6. The number of aromatic nitrogens is 1. The fourth-order valence-corrected chi connectivity index (χ4v) is 5.23. The molecule has 0 aliphatic heterocycles. The van der Waals surface area contributed by atoms with Crippen LogP contribution in [0.1, 0.15) is 39.8 Å². The van der Waals surface area contributed by atoms with E-state index < -0.39 is 0 Å². The van der Waals surface area contributed by atoms with E-state index in [4.69, 9.17) is 18.9 Å². The molecule has 142 valence electrons. The van der Waals surface area contributed by atoms with Crippen LogP contribution in [0.4, 0.5) is 0 Å². The van der Waals surface area contributed by atoms with Crippen LogP contribution in [-0.2, 0) is 22.3 Å². The minimum Gasteiger partial charge on any atom is -0.464 e. The lowest BCUT2D eigenvalue weighted by molar-refractivity contribution is 0.0387. The Labute approximate surface area is 162 Å². The Bertz CT molecular complexity index is 974. The molecule has 0 saturated carbocycles. The van der Waals surface area contributed by atoms with Crippen molar-refractivity contribution < 1.29 is 18.7 Å². The molecule has 3 heterocycles. The second-order valence-corrected chi connectivity index (χ2v) is 8.17. The van der Waals surface area contributed by atoms with Gasteiger partial charge >= 0.3 is 5.97 Å². The molecule has 4 rings (SSSR count). The molecule has 1 aliphatic carbocycles. The third kappa shape index (κ3) is 3.28. The van der Waals surface area contributed by atoms with Crippen LogP contribution in [-0.4, -0.2) is 31.3 Å². The molecule has 1 atom stereocenters. The lowest BCUT2D eigenvalue weighted by atomic mass is 9.87. The van der Waals surface area contributed by atoms with E-state index in [9.17, 15) is 4.79 Å². The number of methoxy groups -OCH3 is 1. The highest BCUT2D eigenvalue weighted by atomic mass is 32.1. The van der Waals surface area contributed by atoms with Crippen LogP contribution in [0.2, 0.25) is 0 Å². The summed E-state index contributed by atoms with van der Waals surface area (Å²) in [5, 5.41) is 1.06. The standard InChI is InChI=1S/C21H23NO4S/c1-12-6-7-14-16(11-12)27-20-18(14)19(15-5-4-8-25-15)17(13(2)22-20)21(23)26-10-9-24-3/h4-5,8,12H,6-7,9-11H2,1-3H3/t12-/m0/s1.